The molecule has 1 aromatic carbocycles. The van der Waals surface area contributed by atoms with Crippen molar-refractivity contribution in [3.63, 3.8) is 0 Å². The lowest BCUT2D eigenvalue weighted by atomic mass is 10.2. The van der Waals surface area contributed by atoms with Gasteiger partial charge in [-0.1, -0.05) is 17.7 Å². The summed E-state index contributed by atoms with van der Waals surface area (Å²) in [5, 5.41) is 6.12. The van der Waals surface area contributed by atoms with Gasteiger partial charge in [-0.3, -0.25) is 14.4 Å². The number of nitrogens with zero attached hydrogens (tertiary/aromatic N) is 1. The molecule has 8 heteroatoms. The van der Waals surface area contributed by atoms with Crippen LogP contribution in [0.25, 0.3) is 0 Å². The Kier molecular flexibility index (Phi) is 9.25. The summed E-state index contributed by atoms with van der Waals surface area (Å²) in [5.41, 5.74) is 1.52. The van der Waals surface area contributed by atoms with Gasteiger partial charge in [0, 0.05) is 23.3 Å². The van der Waals surface area contributed by atoms with Crippen molar-refractivity contribution in [1.29, 1.82) is 0 Å². The van der Waals surface area contributed by atoms with Gasteiger partial charge in [0.2, 0.25) is 5.91 Å². The minimum absolute atomic E-state index is 0.0489. The first kappa shape index (κ1) is 22.9. The number of amides is 3. The number of quaternary nitrogens is 1. The van der Waals surface area contributed by atoms with Crippen molar-refractivity contribution in [2.75, 3.05) is 38.5 Å². The maximum atomic E-state index is 12.5. The first-order chi connectivity index (χ1) is 12.6. The third kappa shape index (κ3) is 8.41. The number of anilines is 1. The average molecular weight is 398 g/mol. The van der Waals surface area contributed by atoms with Crippen LogP contribution in [0.3, 0.4) is 0 Å². The van der Waals surface area contributed by atoms with Gasteiger partial charge < -0.3 is 20.4 Å². The van der Waals surface area contributed by atoms with Crippen LogP contribution in [0.4, 0.5) is 5.69 Å². The predicted octanol–water partition coefficient (Wildman–Crippen LogP) is 0.475. The van der Waals surface area contributed by atoms with Crippen molar-refractivity contribution in [3.8, 4) is 0 Å². The molecule has 0 fully saturated rings. The molecule has 3 N–H and O–H groups in total. The molecule has 0 radical (unpaired) electrons. The Balaban J connectivity index is 2.58. The standard InChI is InChI=1S/C19H29ClN4O3/c1-6-24(19(27)12-23(5)10-17(25)21-13(2)3)11-18(26)22-16-9-15(20)8-7-14(16)4/h7-9,13H,6,10-12H2,1-5H3,(H,21,25)(H,22,26)/p+1. The molecule has 0 aliphatic carbocycles. The van der Waals surface area contributed by atoms with Crippen molar-refractivity contribution in [2.24, 2.45) is 0 Å². The molecule has 27 heavy (non-hydrogen) atoms. The summed E-state index contributed by atoms with van der Waals surface area (Å²) in [6.07, 6.45) is 0. The largest absolute Gasteiger partial charge is 0.349 e. The molecule has 0 saturated carbocycles. The highest BCUT2D eigenvalue weighted by Crippen LogP contribution is 2.20. The summed E-state index contributed by atoms with van der Waals surface area (Å²) in [7, 11) is 1.78. The molecule has 0 aliphatic heterocycles. The normalized spacial score (nSPS) is 11.8. The van der Waals surface area contributed by atoms with Gasteiger partial charge in [-0.25, -0.2) is 0 Å². The van der Waals surface area contributed by atoms with E-state index in [0.717, 1.165) is 10.5 Å². The fourth-order valence-electron chi connectivity index (χ4n) is 2.55. The minimum atomic E-state index is -0.286. The third-order valence-electron chi connectivity index (χ3n) is 3.91. The maximum Gasteiger partial charge on any atom is 0.278 e. The lowest BCUT2D eigenvalue weighted by molar-refractivity contribution is -0.863. The van der Waals surface area contributed by atoms with E-state index < -0.39 is 0 Å². The zero-order chi connectivity index (χ0) is 20.6. The van der Waals surface area contributed by atoms with Crippen LogP contribution in [0.15, 0.2) is 18.2 Å². The quantitative estimate of drug-likeness (QED) is 0.566. The fourth-order valence-corrected chi connectivity index (χ4v) is 2.72. The molecule has 0 bridgehead atoms. The molecular formula is C19H30ClN4O3+. The molecule has 3 amide bonds. The summed E-state index contributed by atoms with van der Waals surface area (Å²) in [6.45, 7) is 8.16. The van der Waals surface area contributed by atoms with Crippen LogP contribution >= 0.6 is 11.6 Å². The van der Waals surface area contributed by atoms with E-state index in [1.54, 1.807) is 19.2 Å². The fraction of sp³-hybridized carbons (Fsp3) is 0.526. The van der Waals surface area contributed by atoms with Gasteiger partial charge >= 0.3 is 0 Å². The highest BCUT2D eigenvalue weighted by Gasteiger charge is 2.21. The SMILES string of the molecule is CCN(CC(=O)Nc1cc(Cl)ccc1C)C(=O)C[NH+](C)CC(=O)NC(C)C. The second kappa shape index (κ2) is 10.9. The molecular weight excluding hydrogens is 368 g/mol. The van der Waals surface area contributed by atoms with Gasteiger partial charge in [-0.2, -0.15) is 0 Å². The summed E-state index contributed by atoms with van der Waals surface area (Å²) >= 11 is 5.96. The Hall–Kier alpha value is -2.12. The van der Waals surface area contributed by atoms with E-state index in [-0.39, 0.29) is 43.4 Å². The number of nitrogens with one attached hydrogen (secondary N) is 3. The number of rotatable bonds is 9. The number of hydrogen-bond acceptors (Lipinski definition) is 3. The van der Waals surface area contributed by atoms with Gasteiger partial charge in [-0.05, 0) is 45.4 Å². The molecule has 0 aliphatic rings. The average Bonchev–Trinajstić information content (AvgIpc) is 2.54. The number of aryl methyl sites for hydroxylation is 1. The molecule has 150 valence electrons. The number of carbonyl (C=O) groups is 3. The lowest BCUT2D eigenvalue weighted by Gasteiger charge is -2.22. The smallest absolute Gasteiger partial charge is 0.278 e. The maximum absolute atomic E-state index is 12.5. The first-order valence-corrected chi connectivity index (χ1v) is 9.44. The van der Waals surface area contributed by atoms with Crippen LogP contribution in [-0.2, 0) is 14.4 Å². The Labute approximate surface area is 166 Å². The van der Waals surface area contributed by atoms with Crippen molar-refractivity contribution in [3.05, 3.63) is 28.8 Å². The van der Waals surface area contributed by atoms with E-state index in [9.17, 15) is 14.4 Å². The first-order valence-electron chi connectivity index (χ1n) is 9.06. The number of benzene rings is 1. The highest BCUT2D eigenvalue weighted by molar-refractivity contribution is 6.31. The zero-order valence-corrected chi connectivity index (χ0v) is 17.4. The van der Waals surface area contributed by atoms with E-state index in [4.69, 9.17) is 11.6 Å². The molecule has 0 saturated heterocycles. The Morgan fingerprint density at radius 3 is 2.44 bits per heavy atom. The molecule has 0 spiro atoms. The molecule has 1 aromatic rings. The zero-order valence-electron chi connectivity index (χ0n) is 16.7. The molecule has 1 atom stereocenters. The van der Waals surface area contributed by atoms with Crippen molar-refractivity contribution < 1.29 is 19.3 Å². The van der Waals surface area contributed by atoms with E-state index in [1.165, 1.54) is 4.90 Å². The van der Waals surface area contributed by atoms with Crippen molar-refractivity contribution in [2.45, 2.75) is 33.7 Å². The summed E-state index contributed by atoms with van der Waals surface area (Å²) in [4.78, 5) is 38.8. The number of halogens is 1. The van der Waals surface area contributed by atoms with E-state index in [1.807, 2.05) is 33.8 Å². The van der Waals surface area contributed by atoms with Crippen LogP contribution in [0, 0.1) is 6.92 Å². The summed E-state index contributed by atoms with van der Waals surface area (Å²) < 4.78 is 0. The molecule has 0 heterocycles. The second-order valence-electron chi connectivity index (χ2n) is 6.95. The van der Waals surface area contributed by atoms with Gasteiger partial charge in [0.25, 0.3) is 11.8 Å². The van der Waals surface area contributed by atoms with Gasteiger partial charge in [0.15, 0.2) is 13.1 Å². The van der Waals surface area contributed by atoms with Crippen LogP contribution in [0.2, 0.25) is 5.02 Å². The Bertz CT molecular complexity index is 679. The van der Waals surface area contributed by atoms with Crippen molar-refractivity contribution in [1.82, 2.24) is 10.2 Å². The van der Waals surface area contributed by atoms with Gasteiger partial charge in [-0.15, -0.1) is 0 Å². The molecule has 7 nitrogen and oxygen atoms in total. The molecule has 0 aromatic heterocycles. The predicted molar refractivity (Wildman–Crippen MR) is 107 cm³/mol. The highest BCUT2D eigenvalue weighted by atomic mass is 35.5. The van der Waals surface area contributed by atoms with Crippen LogP contribution < -0.4 is 15.5 Å². The Morgan fingerprint density at radius 1 is 1.19 bits per heavy atom. The lowest BCUT2D eigenvalue weighted by Crippen LogP contribution is -3.11. The van der Waals surface area contributed by atoms with Crippen molar-refractivity contribution >= 4 is 35.0 Å². The second-order valence-corrected chi connectivity index (χ2v) is 7.38. The number of hydrogen-bond donors (Lipinski definition) is 3. The monoisotopic (exact) mass is 397 g/mol. The minimum Gasteiger partial charge on any atom is -0.349 e. The number of likely N-dealkylation sites (N-methyl/N-ethyl adjacent to an activating group) is 2. The summed E-state index contributed by atoms with van der Waals surface area (Å²) in [5.74, 6) is -0.566. The molecule has 1 unspecified atom stereocenters. The van der Waals surface area contributed by atoms with E-state index >= 15 is 0 Å². The van der Waals surface area contributed by atoms with E-state index in [0.29, 0.717) is 17.3 Å². The third-order valence-corrected chi connectivity index (χ3v) is 4.14. The van der Waals surface area contributed by atoms with Gasteiger partial charge in [0.05, 0.1) is 7.05 Å². The van der Waals surface area contributed by atoms with Gasteiger partial charge in [0.1, 0.15) is 6.54 Å². The summed E-state index contributed by atoms with van der Waals surface area (Å²) in [6, 6.07) is 5.31. The Morgan fingerprint density at radius 2 is 1.85 bits per heavy atom. The van der Waals surface area contributed by atoms with Crippen LogP contribution in [0.1, 0.15) is 26.3 Å². The van der Waals surface area contributed by atoms with Crippen LogP contribution in [-0.4, -0.2) is 61.9 Å². The van der Waals surface area contributed by atoms with E-state index in [2.05, 4.69) is 10.6 Å². The topological polar surface area (TPSA) is 83.0 Å². The number of carbonyl (C=O) groups excluding carboxylic acids is 3. The molecule has 1 rings (SSSR count). The van der Waals surface area contributed by atoms with Crippen LogP contribution in [0.5, 0.6) is 0 Å².